The highest BCUT2D eigenvalue weighted by molar-refractivity contribution is 5.93. The van der Waals surface area contributed by atoms with Crippen LogP contribution in [0.15, 0.2) is 12.1 Å². The second-order valence-corrected chi connectivity index (χ2v) is 5.04. The fourth-order valence-corrected chi connectivity index (χ4v) is 2.18. The smallest absolute Gasteiger partial charge is 0.326 e. The number of carbonyl (C=O) groups is 2. The average Bonchev–Trinajstić information content (AvgIpc) is 2.38. The van der Waals surface area contributed by atoms with Gasteiger partial charge in [0.05, 0.1) is 0 Å². The second kappa shape index (κ2) is 7.64. The first kappa shape index (κ1) is 17.0. The molecule has 1 aromatic carbocycles. The van der Waals surface area contributed by atoms with E-state index in [1.54, 1.807) is 0 Å². The van der Waals surface area contributed by atoms with E-state index in [-0.39, 0.29) is 13.0 Å². The predicted molar refractivity (Wildman–Crippen MR) is 80.7 cm³/mol. The Morgan fingerprint density at radius 2 is 1.81 bits per heavy atom. The number of carbonyl (C=O) groups excluding carboxylic acids is 1. The molecule has 0 aromatic heterocycles. The molecule has 6 heteroatoms. The summed E-state index contributed by atoms with van der Waals surface area (Å²) in [6, 6.07) is 2.41. The lowest BCUT2D eigenvalue weighted by Crippen LogP contribution is -2.43. The molecule has 0 saturated carbocycles. The molecule has 1 rings (SSSR count). The summed E-state index contributed by atoms with van der Waals surface area (Å²) < 4.78 is 4.84. The summed E-state index contributed by atoms with van der Waals surface area (Å²) in [4.78, 5) is 23.0. The molecule has 0 saturated heterocycles. The number of carboxylic acids is 1. The number of ether oxygens (including phenoxy) is 1. The highest BCUT2D eigenvalue weighted by Gasteiger charge is 2.20. The number of anilines is 1. The van der Waals surface area contributed by atoms with Gasteiger partial charge >= 0.3 is 12.0 Å². The van der Waals surface area contributed by atoms with Gasteiger partial charge in [0.25, 0.3) is 0 Å². The van der Waals surface area contributed by atoms with Crippen LogP contribution in [-0.2, 0) is 9.53 Å². The summed E-state index contributed by atoms with van der Waals surface area (Å²) in [5.41, 5.74) is 3.69. The van der Waals surface area contributed by atoms with Crippen LogP contribution in [0.25, 0.3) is 0 Å². The van der Waals surface area contributed by atoms with Crippen LogP contribution in [0, 0.1) is 20.8 Å². The zero-order valence-corrected chi connectivity index (χ0v) is 12.8. The van der Waals surface area contributed by atoms with E-state index in [9.17, 15) is 9.59 Å². The van der Waals surface area contributed by atoms with Crippen molar-refractivity contribution in [1.82, 2.24) is 5.32 Å². The van der Waals surface area contributed by atoms with Crippen LogP contribution in [0.1, 0.15) is 23.1 Å². The zero-order valence-electron chi connectivity index (χ0n) is 12.8. The first-order valence-corrected chi connectivity index (χ1v) is 6.72. The molecule has 0 fully saturated rings. The van der Waals surface area contributed by atoms with Crippen LogP contribution in [0.2, 0.25) is 0 Å². The van der Waals surface area contributed by atoms with Crippen molar-refractivity contribution in [2.75, 3.05) is 19.0 Å². The Morgan fingerprint density at radius 3 is 2.29 bits per heavy atom. The Balaban J connectivity index is 2.74. The minimum atomic E-state index is -1.08. The van der Waals surface area contributed by atoms with Gasteiger partial charge in [0.1, 0.15) is 6.04 Å². The van der Waals surface area contributed by atoms with Gasteiger partial charge in [0, 0.05) is 25.8 Å². The van der Waals surface area contributed by atoms with Crippen LogP contribution in [0.4, 0.5) is 10.5 Å². The van der Waals surface area contributed by atoms with Crippen LogP contribution in [0.5, 0.6) is 0 Å². The van der Waals surface area contributed by atoms with E-state index in [0.29, 0.717) is 5.69 Å². The van der Waals surface area contributed by atoms with Crippen LogP contribution in [0.3, 0.4) is 0 Å². The van der Waals surface area contributed by atoms with Crippen molar-refractivity contribution in [3.8, 4) is 0 Å². The van der Waals surface area contributed by atoms with E-state index in [4.69, 9.17) is 9.84 Å². The molecule has 1 aromatic rings. The number of urea groups is 1. The summed E-state index contributed by atoms with van der Waals surface area (Å²) in [6.07, 6.45) is 0.213. The lowest BCUT2D eigenvalue weighted by molar-refractivity contribution is -0.139. The van der Waals surface area contributed by atoms with E-state index < -0.39 is 18.0 Å². The number of rotatable bonds is 6. The fourth-order valence-electron chi connectivity index (χ4n) is 2.18. The highest BCUT2D eigenvalue weighted by atomic mass is 16.5. The molecule has 2 amide bonds. The van der Waals surface area contributed by atoms with Crippen molar-refractivity contribution in [2.45, 2.75) is 33.2 Å². The van der Waals surface area contributed by atoms with E-state index in [0.717, 1.165) is 16.7 Å². The summed E-state index contributed by atoms with van der Waals surface area (Å²) in [7, 11) is 1.48. The van der Waals surface area contributed by atoms with Crippen molar-refractivity contribution >= 4 is 17.7 Å². The fraction of sp³-hybridized carbons (Fsp3) is 0.467. The molecule has 0 radical (unpaired) electrons. The Morgan fingerprint density at radius 1 is 1.24 bits per heavy atom. The van der Waals surface area contributed by atoms with E-state index >= 15 is 0 Å². The number of hydrogen-bond acceptors (Lipinski definition) is 3. The lowest BCUT2D eigenvalue weighted by Gasteiger charge is -2.17. The van der Waals surface area contributed by atoms with Gasteiger partial charge in [0.15, 0.2) is 0 Å². The quantitative estimate of drug-likeness (QED) is 0.750. The Hall–Kier alpha value is -2.08. The van der Waals surface area contributed by atoms with Gasteiger partial charge in [-0.15, -0.1) is 0 Å². The van der Waals surface area contributed by atoms with Crippen molar-refractivity contribution in [3.63, 3.8) is 0 Å². The monoisotopic (exact) mass is 294 g/mol. The molecule has 1 unspecified atom stereocenters. The molecule has 6 nitrogen and oxygen atoms in total. The van der Waals surface area contributed by atoms with Crippen molar-refractivity contribution in [1.29, 1.82) is 0 Å². The number of nitrogens with one attached hydrogen (secondary N) is 2. The van der Waals surface area contributed by atoms with Gasteiger partial charge in [0.2, 0.25) is 0 Å². The predicted octanol–water partition coefficient (Wildman–Crippen LogP) is 2.22. The molecule has 116 valence electrons. The third-order valence-corrected chi connectivity index (χ3v) is 3.13. The maximum absolute atomic E-state index is 12.0. The van der Waals surface area contributed by atoms with E-state index in [1.165, 1.54) is 7.11 Å². The summed E-state index contributed by atoms with van der Waals surface area (Å²) >= 11 is 0. The van der Waals surface area contributed by atoms with Gasteiger partial charge < -0.3 is 20.5 Å². The largest absolute Gasteiger partial charge is 0.480 e. The minimum absolute atomic E-state index is 0.213. The second-order valence-electron chi connectivity index (χ2n) is 5.04. The molecule has 1 atom stereocenters. The van der Waals surface area contributed by atoms with Crippen molar-refractivity contribution < 1.29 is 19.4 Å². The van der Waals surface area contributed by atoms with Crippen molar-refractivity contribution in [3.05, 3.63) is 28.8 Å². The Labute approximate surface area is 124 Å². The first-order chi connectivity index (χ1) is 9.85. The Kier molecular flexibility index (Phi) is 6.17. The molecule has 3 N–H and O–H groups in total. The third kappa shape index (κ3) is 5.07. The number of benzene rings is 1. The highest BCUT2D eigenvalue weighted by Crippen LogP contribution is 2.21. The minimum Gasteiger partial charge on any atom is -0.480 e. The summed E-state index contributed by atoms with van der Waals surface area (Å²) in [6.45, 7) is 6.04. The molecule has 0 spiro atoms. The van der Waals surface area contributed by atoms with Gasteiger partial charge in [-0.05, 0) is 31.9 Å². The molecule has 0 aliphatic carbocycles. The van der Waals surface area contributed by atoms with E-state index in [1.807, 2.05) is 32.9 Å². The normalized spacial score (nSPS) is 11.8. The standard InChI is InChI=1S/C15H22N2O4/c1-9-7-10(2)13(11(3)8-9)17-15(20)16-12(14(18)19)5-6-21-4/h7-8,12H,5-6H2,1-4H3,(H,18,19)(H2,16,17,20). The average molecular weight is 294 g/mol. The van der Waals surface area contributed by atoms with Crippen LogP contribution < -0.4 is 10.6 Å². The summed E-state index contributed by atoms with van der Waals surface area (Å²) in [5.74, 6) is -1.08. The zero-order chi connectivity index (χ0) is 16.0. The van der Waals surface area contributed by atoms with Crippen molar-refractivity contribution in [2.24, 2.45) is 0 Å². The number of amides is 2. The molecule has 0 aliphatic rings. The molecule has 21 heavy (non-hydrogen) atoms. The molecule has 0 aliphatic heterocycles. The molecule has 0 heterocycles. The number of aliphatic carboxylic acids is 1. The topological polar surface area (TPSA) is 87.7 Å². The lowest BCUT2D eigenvalue weighted by atomic mass is 10.1. The maximum Gasteiger partial charge on any atom is 0.326 e. The SMILES string of the molecule is COCCC(NC(=O)Nc1c(C)cc(C)cc1C)C(=O)O. The first-order valence-electron chi connectivity index (χ1n) is 6.72. The Bertz CT molecular complexity index is 505. The number of methoxy groups -OCH3 is 1. The number of carboxylic acid groups (broad SMARTS) is 1. The van der Waals surface area contributed by atoms with Crippen LogP contribution >= 0.6 is 0 Å². The molecular formula is C15H22N2O4. The third-order valence-electron chi connectivity index (χ3n) is 3.13. The van der Waals surface area contributed by atoms with Gasteiger partial charge in [-0.25, -0.2) is 9.59 Å². The maximum atomic E-state index is 12.0. The van der Waals surface area contributed by atoms with Gasteiger partial charge in [-0.1, -0.05) is 17.7 Å². The molecule has 0 bridgehead atoms. The number of hydrogen-bond donors (Lipinski definition) is 3. The van der Waals surface area contributed by atoms with E-state index in [2.05, 4.69) is 10.6 Å². The van der Waals surface area contributed by atoms with Crippen LogP contribution in [-0.4, -0.2) is 36.9 Å². The van der Waals surface area contributed by atoms with Gasteiger partial charge in [-0.3, -0.25) is 0 Å². The number of aryl methyl sites for hydroxylation is 3. The summed E-state index contributed by atoms with van der Waals surface area (Å²) in [5, 5.41) is 14.2. The molecular weight excluding hydrogens is 272 g/mol. The van der Waals surface area contributed by atoms with Gasteiger partial charge in [-0.2, -0.15) is 0 Å².